The Hall–Kier alpha value is -2.90. The molecule has 6 nitrogen and oxygen atoms in total. The van der Waals surface area contributed by atoms with Gasteiger partial charge in [-0.2, -0.15) is 0 Å². The van der Waals surface area contributed by atoms with E-state index in [1.165, 1.54) is 16.9 Å². The summed E-state index contributed by atoms with van der Waals surface area (Å²) in [6.07, 6.45) is 1.67. The van der Waals surface area contributed by atoms with E-state index < -0.39 is 0 Å². The van der Waals surface area contributed by atoms with Gasteiger partial charge in [0.25, 0.3) is 5.91 Å². The monoisotopic (exact) mass is 426 g/mol. The number of carbonyl (C=O) groups is 1. The minimum Gasteiger partial charge on any atom is -0.350 e. The van der Waals surface area contributed by atoms with Crippen molar-refractivity contribution in [3.8, 4) is 0 Å². The fourth-order valence-electron chi connectivity index (χ4n) is 3.18. The van der Waals surface area contributed by atoms with Crippen molar-refractivity contribution in [3.05, 3.63) is 85.6 Å². The molecule has 0 atom stereocenters. The largest absolute Gasteiger partial charge is 0.350 e. The Bertz CT molecular complexity index is 1220. The molecule has 0 spiro atoms. The lowest BCUT2D eigenvalue weighted by molar-refractivity contribution is 0.0956. The highest BCUT2D eigenvalue weighted by Gasteiger charge is 2.15. The number of pyridine rings is 1. The Balaban J connectivity index is 1.56. The third kappa shape index (κ3) is 4.11. The molecule has 0 saturated carbocycles. The molecule has 148 valence electrons. The number of aromatic nitrogens is 3. The van der Waals surface area contributed by atoms with E-state index in [1.807, 2.05) is 43.3 Å². The number of hydrogen-bond acceptors (Lipinski definition) is 4. The molecule has 29 heavy (non-hydrogen) atoms. The van der Waals surface area contributed by atoms with E-state index >= 15 is 0 Å². The molecular formula is C21H19ClN4O2S. The van der Waals surface area contributed by atoms with Gasteiger partial charge in [-0.25, -0.2) is 9.78 Å². The number of imidazole rings is 1. The summed E-state index contributed by atoms with van der Waals surface area (Å²) >= 11 is 7.10. The van der Waals surface area contributed by atoms with E-state index in [0.29, 0.717) is 34.5 Å². The van der Waals surface area contributed by atoms with Crippen molar-refractivity contribution < 1.29 is 4.79 Å². The Morgan fingerprint density at radius 2 is 1.93 bits per heavy atom. The molecule has 4 rings (SSSR count). The van der Waals surface area contributed by atoms with Crippen LogP contribution in [0.2, 0.25) is 4.34 Å². The van der Waals surface area contributed by atoms with Crippen molar-refractivity contribution in [1.29, 1.82) is 0 Å². The van der Waals surface area contributed by atoms with Crippen LogP contribution in [0.25, 0.3) is 11.2 Å². The average Bonchev–Trinajstić information content (AvgIpc) is 3.26. The number of nitrogens with one attached hydrogen (secondary N) is 1. The van der Waals surface area contributed by atoms with Crippen LogP contribution in [-0.2, 0) is 13.1 Å². The molecule has 8 heteroatoms. The van der Waals surface area contributed by atoms with Gasteiger partial charge in [0.05, 0.1) is 21.3 Å². The molecular weight excluding hydrogens is 408 g/mol. The highest BCUT2D eigenvalue weighted by Crippen LogP contribution is 2.21. The van der Waals surface area contributed by atoms with Crippen LogP contribution in [0.3, 0.4) is 0 Å². The van der Waals surface area contributed by atoms with E-state index in [1.54, 1.807) is 27.5 Å². The van der Waals surface area contributed by atoms with Crippen molar-refractivity contribution in [3.63, 3.8) is 0 Å². The number of fused-ring (bicyclic) bond motifs is 1. The third-order valence-corrected chi connectivity index (χ3v) is 5.88. The molecule has 0 unspecified atom stereocenters. The molecule has 0 radical (unpaired) electrons. The number of benzene rings is 1. The number of thiophene rings is 1. The maximum atomic E-state index is 13.1. The zero-order valence-electron chi connectivity index (χ0n) is 15.8. The van der Waals surface area contributed by atoms with Gasteiger partial charge >= 0.3 is 5.69 Å². The number of rotatable bonds is 6. The van der Waals surface area contributed by atoms with Crippen LogP contribution < -0.4 is 11.0 Å². The summed E-state index contributed by atoms with van der Waals surface area (Å²) in [5.74, 6) is -0.202. The zero-order chi connectivity index (χ0) is 20.4. The first-order valence-corrected chi connectivity index (χ1v) is 10.4. The molecule has 3 heterocycles. The van der Waals surface area contributed by atoms with Crippen LogP contribution in [-0.4, -0.2) is 26.6 Å². The summed E-state index contributed by atoms with van der Waals surface area (Å²) in [5, 5.41) is 2.83. The minimum absolute atomic E-state index is 0.146. The number of nitrogens with zero attached hydrogens (tertiary/aromatic N) is 3. The number of halogens is 1. The maximum absolute atomic E-state index is 13.1. The van der Waals surface area contributed by atoms with Gasteiger partial charge in [0.1, 0.15) is 0 Å². The smallest absolute Gasteiger partial charge is 0.330 e. The van der Waals surface area contributed by atoms with Crippen LogP contribution in [0.5, 0.6) is 0 Å². The van der Waals surface area contributed by atoms with Gasteiger partial charge in [-0.05, 0) is 36.8 Å². The third-order valence-electron chi connectivity index (χ3n) is 4.65. The fraction of sp³-hybridized carbons (Fsp3) is 0.190. The Labute approximate surface area is 176 Å². The van der Waals surface area contributed by atoms with E-state index in [-0.39, 0.29) is 11.6 Å². The SMILES string of the molecule is Cc1ccc(Cn2c(=O)n(CCNC(=O)c3ccc(Cl)s3)c3ncccc32)cc1. The predicted octanol–water partition coefficient (Wildman–Crippen LogP) is 3.70. The summed E-state index contributed by atoms with van der Waals surface area (Å²) in [7, 11) is 0. The summed E-state index contributed by atoms with van der Waals surface area (Å²) in [6.45, 7) is 3.14. The second-order valence-electron chi connectivity index (χ2n) is 6.71. The summed E-state index contributed by atoms with van der Waals surface area (Å²) in [6, 6.07) is 15.2. The lowest BCUT2D eigenvalue weighted by atomic mass is 10.1. The van der Waals surface area contributed by atoms with E-state index in [4.69, 9.17) is 11.6 Å². The van der Waals surface area contributed by atoms with E-state index in [0.717, 1.165) is 11.1 Å². The molecule has 3 aromatic heterocycles. The van der Waals surface area contributed by atoms with Crippen LogP contribution >= 0.6 is 22.9 Å². The normalized spacial score (nSPS) is 11.1. The second-order valence-corrected chi connectivity index (χ2v) is 8.43. The van der Waals surface area contributed by atoms with Crippen molar-refractivity contribution in [1.82, 2.24) is 19.4 Å². The number of aryl methyl sites for hydroxylation is 1. The Kier molecular flexibility index (Phi) is 5.51. The van der Waals surface area contributed by atoms with Gasteiger partial charge in [0.2, 0.25) is 0 Å². The maximum Gasteiger partial charge on any atom is 0.330 e. The van der Waals surface area contributed by atoms with Gasteiger partial charge in [-0.1, -0.05) is 41.4 Å². The molecule has 4 aromatic rings. The average molecular weight is 427 g/mol. The number of hydrogen-bond donors (Lipinski definition) is 1. The number of amides is 1. The first kappa shape index (κ1) is 19.4. The van der Waals surface area contributed by atoms with Crippen molar-refractivity contribution in [2.75, 3.05) is 6.54 Å². The van der Waals surface area contributed by atoms with Crippen molar-refractivity contribution in [2.45, 2.75) is 20.0 Å². The van der Waals surface area contributed by atoms with Gasteiger partial charge in [-0.15, -0.1) is 11.3 Å². The predicted molar refractivity (Wildman–Crippen MR) is 116 cm³/mol. The Morgan fingerprint density at radius 1 is 1.14 bits per heavy atom. The lowest BCUT2D eigenvalue weighted by Gasteiger charge is -2.05. The van der Waals surface area contributed by atoms with Gasteiger partial charge in [0.15, 0.2) is 5.65 Å². The molecule has 1 aromatic carbocycles. The molecule has 0 saturated heterocycles. The summed E-state index contributed by atoms with van der Waals surface area (Å²) in [4.78, 5) is 30.2. The van der Waals surface area contributed by atoms with Gasteiger partial charge in [0, 0.05) is 19.3 Å². The highest BCUT2D eigenvalue weighted by molar-refractivity contribution is 7.17. The summed E-state index contributed by atoms with van der Waals surface area (Å²) in [5.41, 5.74) is 3.46. The molecule has 1 N–H and O–H groups in total. The van der Waals surface area contributed by atoms with E-state index in [9.17, 15) is 9.59 Å². The van der Waals surface area contributed by atoms with Crippen molar-refractivity contribution in [2.24, 2.45) is 0 Å². The topological polar surface area (TPSA) is 68.9 Å². The van der Waals surface area contributed by atoms with Crippen LogP contribution in [0.4, 0.5) is 0 Å². The first-order chi connectivity index (χ1) is 14.0. The lowest BCUT2D eigenvalue weighted by Crippen LogP contribution is -2.31. The van der Waals surface area contributed by atoms with Crippen molar-refractivity contribution >= 4 is 40.0 Å². The van der Waals surface area contributed by atoms with Gasteiger partial charge < -0.3 is 5.32 Å². The first-order valence-electron chi connectivity index (χ1n) is 9.16. The standard InChI is InChI=1S/C21H19ClN4O2S/c1-14-4-6-15(7-5-14)13-26-16-3-2-10-23-19(16)25(21(26)28)12-11-24-20(27)17-8-9-18(22)29-17/h2-10H,11-13H2,1H3,(H,24,27). The van der Waals surface area contributed by atoms with E-state index in [2.05, 4.69) is 10.3 Å². The quantitative estimate of drug-likeness (QED) is 0.511. The second kappa shape index (κ2) is 8.23. The summed E-state index contributed by atoms with van der Waals surface area (Å²) < 4.78 is 3.88. The highest BCUT2D eigenvalue weighted by atomic mass is 35.5. The molecule has 0 aliphatic heterocycles. The molecule has 0 aliphatic rings. The molecule has 0 aliphatic carbocycles. The van der Waals surface area contributed by atoms with Crippen LogP contribution in [0.1, 0.15) is 20.8 Å². The van der Waals surface area contributed by atoms with Crippen LogP contribution in [0.15, 0.2) is 59.5 Å². The van der Waals surface area contributed by atoms with Crippen LogP contribution in [0, 0.1) is 6.92 Å². The zero-order valence-corrected chi connectivity index (χ0v) is 17.3. The van der Waals surface area contributed by atoms with Gasteiger partial charge in [-0.3, -0.25) is 13.9 Å². The minimum atomic E-state index is -0.202. The number of carbonyl (C=O) groups excluding carboxylic acids is 1. The Morgan fingerprint density at radius 3 is 2.66 bits per heavy atom. The fourth-order valence-corrected chi connectivity index (χ4v) is 4.14. The molecule has 0 bridgehead atoms. The molecule has 0 fully saturated rings. The molecule has 1 amide bonds.